The van der Waals surface area contributed by atoms with E-state index in [1.165, 1.54) is 36.7 Å². The maximum atomic E-state index is 13.5. The van der Waals surface area contributed by atoms with Crippen LogP contribution in [0.5, 0.6) is 0 Å². The number of para-hydroxylation sites is 1. The van der Waals surface area contributed by atoms with Gasteiger partial charge in [0.05, 0.1) is 24.9 Å². The van der Waals surface area contributed by atoms with Crippen molar-refractivity contribution in [2.45, 2.75) is 48.8 Å². The standard InChI is InChI=1S/C30H32N6O7S/c31-21(15-19-17-33-22-8-2-1-7-20(19)22)25(37)16-24(35-30(40)27-10-6-14-43-27)29(39)34-23-9-5-13-36(18-26(23)38)44(41,42)28-11-3-4-12-32-28/h1-4,6-8,10-12,14,17,21,23-24,33H,5,9,13,15-16,18,31H2,(H,34,39)(H,35,40)/t21-,23?,24-/m0/s1. The topological polar surface area (TPSA) is 198 Å². The third kappa shape index (κ3) is 6.93. The van der Waals surface area contributed by atoms with E-state index in [0.29, 0.717) is 0 Å². The molecule has 0 aliphatic carbocycles. The van der Waals surface area contributed by atoms with E-state index in [4.69, 9.17) is 10.2 Å². The predicted octanol–water partition coefficient (Wildman–Crippen LogP) is 1.32. The minimum absolute atomic E-state index is 0.0524. The third-order valence-corrected chi connectivity index (χ3v) is 9.24. The van der Waals surface area contributed by atoms with E-state index in [-0.39, 0.29) is 36.6 Å². The summed E-state index contributed by atoms with van der Waals surface area (Å²) < 4.78 is 32.2. The molecule has 13 nitrogen and oxygen atoms in total. The molecule has 5 rings (SSSR count). The van der Waals surface area contributed by atoms with Gasteiger partial charge in [-0.15, -0.1) is 0 Å². The molecule has 0 saturated carbocycles. The summed E-state index contributed by atoms with van der Waals surface area (Å²) in [5, 5.41) is 5.87. The largest absolute Gasteiger partial charge is 0.459 e. The van der Waals surface area contributed by atoms with Gasteiger partial charge < -0.3 is 25.8 Å². The molecule has 1 aliphatic heterocycles. The summed E-state index contributed by atoms with van der Waals surface area (Å²) in [5.74, 6) is -2.59. The van der Waals surface area contributed by atoms with Crippen LogP contribution < -0.4 is 16.4 Å². The highest BCUT2D eigenvalue weighted by Gasteiger charge is 2.35. The highest BCUT2D eigenvalue weighted by molar-refractivity contribution is 7.89. The first-order valence-corrected chi connectivity index (χ1v) is 15.5. The molecule has 14 heteroatoms. The van der Waals surface area contributed by atoms with Crippen LogP contribution in [0.1, 0.15) is 35.4 Å². The Morgan fingerprint density at radius 2 is 1.91 bits per heavy atom. The van der Waals surface area contributed by atoms with Gasteiger partial charge in [0.2, 0.25) is 5.91 Å². The average Bonchev–Trinajstić information content (AvgIpc) is 3.67. The molecule has 230 valence electrons. The number of pyridine rings is 1. The van der Waals surface area contributed by atoms with Crippen LogP contribution in [0.15, 0.2) is 82.7 Å². The first kappa shape index (κ1) is 30.8. The number of aromatic amines is 1. The van der Waals surface area contributed by atoms with Crippen LogP contribution in [-0.4, -0.2) is 77.3 Å². The average molecular weight is 621 g/mol. The van der Waals surface area contributed by atoms with Crippen molar-refractivity contribution in [3.8, 4) is 0 Å². The van der Waals surface area contributed by atoms with Gasteiger partial charge in [-0.2, -0.15) is 4.31 Å². The van der Waals surface area contributed by atoms with Crippen LogP contribution in [0.2, 0.25) is 0 Å². The van der Waals surface area contributed by atoms with Crippen LogP contribution in [0, 0.1) is 0 Å². The molecule has 1 aromatic carbocycles. The number of nitrogens with one attached hydrogen (secondary N) is 3. The lowest BCUT2D eigenvalue weighted by Gasteiger charge is -2.23. The molecule has 5 N–H and O–H groups in total. The van der Waals surface area contributed by atoms with Crippen LogP contribution in [0.3, 0.4) is 0 Å². The molecule has 0 bridgehead atoms. The molecule has 4 heterocycles. The van der Waals surface area contributed by atoms with Gasteiger partial charge in [-0.3, -0.25) is 19.2 Å². The monoisotopic (exact) mass is 620 g/mol. The number of hydrogen-bond acceptors (Lipinski definition) is 9. The van der Waals surface area contributed by atoms with Gasteiger partial charge in [0.1, 0.15) is 6.04 Å². The fraction of sp³-hybridized carbons (Fsp3) is 0.300. The second-order valence-corrected chi connectivity index (χ2v) is 12.4. The number of carbonyl (C=O) groups is 4. The maximum Gasteiger partial charge on any atom is 0.287 e. The number of nitrogens with zero attached hydrogens (tertiary/aromatic N) is 2. The van der Waals surface area contributed by atoms with E-state index in [1.807, 2.05) is 24.3 Å². The zero-order valence-electron chi connectivity index (χ0n) is 23.6. The zero-order valence-corrected chi connectivity index (χ0v) is 24.5. The lowest BCUT2D eigenvalue weighted by Crippen LogP contribution is -2.53. The van der Waals surface area contributed by atoms with Gasteiger partial charge in [-0.25, -0.2) is 13.4 Å². The highest BCUT2D eigenvalue weighted by Crippen LogP contribution is 2.20. The lowest BCUT2D eigenvalue weighted by molar-refractivity contribution is -0.130. The molecule has 4 aromatic rings. The summed E-state index contributed by atoms with van der Waals surface area (Å²) in [7, 11) is -4.03. The van der Waals surface area contributed by atoms with Crippen LogP contribution in [0.4, 0.5) is 0 Å². The number of carbonyl (C=O) groups excluding carboxylic acids is 4. The van der Waals surface area contributed by atoms with Crippen LogP contribution >= 0.6 is 0 Å². The second kappa shape index (κ2) is 13.3. The molecule has 1 saturated heterocycles. The number of H-pyrrole nitrogens is 1. The number of rotatable bonds is 11. The van der Waals surface area contributed by atoms with Crippen molar-refractivity contribution < 1.29 is 32.0 Å². The normalized spacial score (nSPS) is 17.5. The maximum absolute atomic E-state index is 13.5. The van der Waals surface area contributed by atoms with Crippen molar-refractivity contribution in [3.63, 3.8) is 0 Å². The molecule has 1 unspecified atom stereocenters. The van der Waals surface area contributed by atoms with Crippen LogP contribution in [0.25, 0.3) is 10.9 Å². The van der Waals surface area contributed by atoms with Crippen molar-refractivity contribution in [1.29, 1.82) is 0 Å². The zero-order chi connectivity index (χ0) is 31.3. The van der Waals surface area contributed by atoms with E-state index < -0.39 is 64.5 Å². The van der Waals surface area contributed by atoms with Crippen molar-refractivity contribution in [3.05, 3.63) is 84.6 Å². The summed E-state index contributed by atoms with van der Waals surface area (Å²) in [6, 6.07) is 11.5. The van der Waals surface area contributed by atoms with Crippen molar-refractivity contribution in [2.75, 3.05) is 13.1 Å². The summed E-state index contributed by atoms with van der Waals surface area (Å²) in [4.78, 5) is 59.7. The number of sulfonamides is 1. The van der Waals surface area contributed by atoms with Gasteiger partial charge in [0.25, 0.3) is 15.9 Å². The Bertz CT molecular complexity index is 1750. The number of aromatic nitrogens is 2. The Hall–Kier alpha value is -4.66. The van der Waals surface area contributed by atoms with Gasteiger partial charge in [-0.05, 0) is 55.2 Å². The molecule has 0 radical (unpaired) electrons. The summed E-state index contributed by atoms with van der Waals surface area (Å²) in [6.07, 6.45) is 4.61. The number of benzene rings is 1. The smallest absolute Gasteiger partial charge is 0.287 e. The molecule has 1 fully saturated rings. The van der Waals surface area contributed by atoms with E-state index in [2.05, 4.69) is 20.6 Å². The van der Waals surface area contributed by atoms with Crippen molar-refractivity contribution in [2.24, 2.45) is 5.73 Å². The van der Waals surface area contributed by atoms with Gasteiger partial charge in [-0.1, -0.05) is 24.3 Å². The van der Waals surface area contributed by atoms with E-state index >= 15 is 0 Å². The Morgan fingerprint density at radius 1 is 1.11 bits per heavy atom. The first-order valence-electron chi connectivity index (χ1n) is 14.1. The molecule has 3 atom stereocenters. The number of nitrogens with two attached hydrogens (primary N) is 1. The number of Topliss-reactive ketones (excluding diaryl/α,β-unsaturated/α-hetero) is 2. The highest BCUT2D eigenvalue weighted by atomic mass is 32.2. The van der Waals surface area contributed by atoms with Gasteiger partial charge in [0, 0.05) is 36.3 Å². The van der Waals surface area contributed by atoms with Gasteiger partial charge >= 0.3 is 0 Å². The second-order valence-electron chi connectivity index (χ2n) is 10.5. The minimum Gasteiger partial charge on any atom is -0.459 e. The van der Waals surface area contributed by atoms with Gasteiger partial charge in [0.15, 0.2) is 22.4 Å². The number of fused-ring (bicyclic) bond motifs is 1. The molecule has 2 amide bonds. The SMILES string of the molecule is N[C@@H](Cc1c[nH]c2ccccc12)C(=O)C[C@H](NC(=O)c1ccco1)C(=O)NC1CCCN(S(=O)(=O)c2ccccn2)CC1=O. The molecule has 3 aromatic heterocycles. The Kier molecular flexibility index (Phi) is 9.32. The Labute approximate surface area is 253 Å². The quantitative estimate of drug-likeness (QED) is 0.191. The van der Waals surface area contributed by atoms with Crippen molar-refractivity contribution in [1.82, 2.24) is 24.9 Å². The fourth-order valence-corrected chi connectivity index (χ4v) is 6.48. The summed E-state index contributed by atoms with van der Waals surface area (Å²) >= 11 is 0. The molecule has 44 heavy (non-hydrogen) atoms. The van der Waals surface area contributed by atoms with E-state index in [1.54, 1.807) is 12.3 Å². The first-order chi connectivity index (χ1) is 21.1. The Balaban J connectivity index is 1.28. The van der Waals surface area contributed by atoms with Crippen molar-refractivity contribution >= 4 is 44.3 Å². The predicted molar refractivity (Wildman–Crippen MR) is 159 cm³/mol. The number of hydrogen-bond donors (Lipinski definition) is 4. The lowest BCUT2D eigenvalue weighted by atomic mass is 9.97. The van der Waals surface area contributed by atoms with E-state index in [9.17, 15) is 27.6 Å². The fourth-order valence-electron chi connectivity index (χ4n) is 5.11. The molecular formula is C30H32N6O7S. The molecule has 0 spiro atoms. The molecule has 1 aliphatic rings. The third-order valence-electron chi connectivity index (χ3n) is 7.48. The number of amides is 2. The van der Waals surface area contributed by atoms with Crippen LogP contribution in [-0.2, 0) is 30.8 Å². The summed E-state index contributed by atoms with van der Waals surface area (Å²) in [5.41, 5.74) is 7.98. The molecular weight excluding hydrogens is 588 g/mol. The minimum atomic E-state index is -4.03. The number of ketones is 2. The van der Waals surface area contributed by atoms with E-state index in [0.717, 1.165) is 20.8 Å². The number of furan rings is 1. The summed E-state index contributed by atoms with van der Waals surface area (Å²) in [6.45, 7) is -0.418. The Morgan fingerprint density at radius 3 is 2.66 bits per heavy atom.